The molecule has 3 rings (SSSR count). The van der Waals surface area contributed by atoms with E-state index in [9.17, 15) is 8.42 Å². The van der Waals surface area contributed by atoms with E-state index in [1.165, 1.54) is 5.06 Å². The predicted octanol–water partition coefficient (Wildman–Crippen LogP) is 3.75. The van der Waals surface area contributed by atoms with E-state index >= 15 is 0 Å². The molecule has 0 radical (unpaired) electrons. The summed E-state index contributed by atoms with van der Waals surface area (Å²) in [5.41, 5.74) is 2.86. The minimum atomic E-state index is -3.76. The second-order valence-electron chi connectivity index (χ2n) is 5.30. The van der Waals surface area contributed by atoms with Gasteiger partial charge in [0.1, 0.15) is 0 Å². The third-order valence-electron chi connectivity index (χ3n) is 3.65. The summed E-state index contributed by atoms with van der Waals surface area (Å²) in [5, 5.41) is 1.47. The average molecular weight is 382 g/mol. The van der Waals surface area contributed by atoms with Gasteiger partial charge in [0, 0.05) is 17.6 Å². The van der Waals surface area contributed by atoms with Gasteiger partial charge >= 0.3 is 10.1 Å². The molecular weight excluding hydrogens is 366 g/mol. The Morgan fingerprint density at radius 2 is 1.91 bits per heavy atom. The van der Waals surface area contributed by atoms with Gasteiger partial charge in [-0.2, -0.15) is 17.8 Å². The van der Waals surface area contributed by atoms with Crippen LogP contribution in [-0.4, -0.2) is 26.6 Å². The first-order valence-corrected chi connectivity index (χ1v) is 9.22. The smallest absolute Gasteiger partial charge is 0.192 e. The first-order valence-electron chi connectivity index (χ1n) is 7.02. The number of benzene rings is 2. The molecule has 2 aromatic carbocycles. The molecule has 1 saturated heterocycles. The molecule has 0 atom stereocenters. The van der Waals surface area contributed by atoms with E-state index in [-0.39, 0.29) is 4.90 Å². The largest absolute Gasteiger partial charge is 0.313 e. The molecule has 1 aliphatic rings. The van der Waals surface area contributed by atoms with Crippen LogP contribution in [0, 0.1) is 6.92 Å². The van der Waals surface area contributed by atoms with Crippen LogP contribution in [0.5, 0.6) is 0 Å². The van der Waals surface area contributed by atoms with Crippen LogP contribution in [0.25, 0.3) is 11.1 Å². The molecular formula is C16H16BrNO3S. The maximum Gasteiger partial charge on any atom is 0.313 e. The van der Waals surface area contributed by atoms with Gasteiger partial charge in [0.05, 0.1) is 4.90 Å². The fourth-order valence-corrected chi connectivity index (χ4v) is 3.68. The van der Waals surface area contributed by atoms with E-state index in [0.717, 1.165) is 27.6 Å². The predicted molar refractivity (Wildman–Crippen MR) is 88.8 cm³/mol. The molecule has 22 heavy (non-hydrogen) atoms. The molecule has 0 saturated carbocycles. The number of hydrogen-bond donors (Lipinski definition) is 0. The third kappa shape index (κ3) is 3.25. The van der Waals surface area contributed by atoms with Crippen LogP contribution in [0.1, 0.15) is 12.0 Å². The van der Waals surface area contributed by atoms with Gasteiger partial charge in [-0.05, 0) is 54.3 Å². The highest BCUT2D eigenvalue weighted by atomic mass is 79.9. The fraction of sp³-hybridized carbons (Fsp3) is 0.250. The van der Waals surface area contributed by atoms with Gasteiger partial charge in [-0.1, -0.05) is 34.1 Å². The Morgan fingerprint density at radius 3 is 2.55 bits per heavy atom. The Kier molecular flexibility index (Phi) is 4.36. The lowest BCUT2D eigenvalue weighted by molar-refractivity contribution is -0.101. The SMILES string of the molecule is Cc1ccc(S(=O)(=O)ON2CCC2)cc1-c1cccc(Br)c1. The number of halogens is 1. The van der Waals surface area contributed by atoms with Crippen LogP contribution in [0.3, 0.4) is 0 Å². The number of hydrogen-bond acceptors (Lipinski definition) is 4. The van der Waals surface area contributed by atoms with E-state index < -0.39 is 10.1 Å². The Hall–Kier alpha value is -1.21. The number of aryl methyl sites for hydroxylation is 1. The van der Waals surface area contributed by atoms with Gasteiger partial charge < -0.3 is 0 Å². The quantitative estimate of drug-likeness (QED) is 0.808. The van der Waals surface area contributed by atoms with Crippen molar-refractivity contribution >= 4 is 26.0 Å². The van der Waals surface area contributed by atoms with E-state index in [1.807, 2.05) is 37.3 Å². The van der Waals surface area contributed by atoms with Crippen molar-refractivity contribution in [1.82, 2.24) is 5.06 Å². The van der Waals surface area contributed by atoms with E-state index in [2.05, 4.69) is 15.9 Å². The lowest BCUT2D eigenvalue weighted by Gasteiger charge is -2.28. The van der Waals surface area contributed by atoms with Crippen LogP contribution in [0.2, 0.25) is 0 Å². The van der Waals surface area contributed by atoms with Crippen molar-refractivity contribution < 1.29 is 12.7 Å². The summed E-state index contributed by atoms with van der Waals surface area (Å²) in [5.74, 6) is 0. The number of nitrogens with zero attached hydrogens (tertiary/aromatic N) is 1. The molecule has 1 aliphatic heterocycles. The summed E-state index contributed by atoms with van der Waals surface area (Å²) in [4.78, 5) is 0.181. The second-order valence-corrected chi connectivity index (χ2v) is 7.74. The van der Waals surface area contributed by atoms with E-state index in [0.29, 0.717) is 13.1 Å². The topological polar surface area (TPSA) is 46.6 Å². The van der Waals surface area contributed by atoms with Gasteiger partial charge in [0.2, 0.25) is 0 Å². The first kappa shape index (κ1) is 15.7. The first-order chi connectivity index (χ1) is 10.5. The highest BCUT2D eigenvalue weighted by Crippen LogP contribution is 2.29. The van der Waals surface area contributed by atoms with Gasteiger partial charge in [-0.15, -0.1) is 0 Å². The second kappa shape index (κ2) is 6.12. The fourth-order valence-electron chi connectivity index (χ4n) is 2.27. The zero-order valence-corrected chi connectivity index (χ0v) is 14.5. The summed E-state index contributed by atoms with van der Waals surface area (Å²) in [7, 11) is -3.76. The lowest BCUT2D eigenvalue weighted by Crippen LogP contribution is -2.38. The number of hydroxylamine groups is 2. The Balaban J connectivity index is 1.99. The van der Waals surface area contributed by atoms with Crippen molar-refractivity contribution in [3.05, 3.63) is 52.5 Å². The minimum Gasteiger partial charge on any atom is -0.192 e. The highest BCUT2D eigenvalue weighted by Gasteiger charge is 2.25. The van der Waals surface area contributed by atoms with Crippen molar-refractivity contribution in [3.8, 4) is 11.1 Å². The summed E-state index contributed by atoms with van der Waals surface area (Å²) in [6, 6.07) is 12.9. The highest BCUT2D eigenvalue weighted by molar-refractivity contribution is 9.10. The zero-order valence-electron chi connectivity index (χ0n) is 12.1. The van der Waals surface area contributed by atoms with Crippen molar-refractivity contribution in [2.75, 3.05) is 13.1 Å². The molecule has 6 heteroatoms. The van der Waals surface area contributed by atoms with Crippen LogP contribution in [0.4, 0.5) is 0 Å². The summed E-state index contributed by atoms with van der Waals surface area (Å²) < 4.78 is 30.7. The Labute approximate surface area is 138 Å². The normalized spacial score (nSPS) is 15.5. The lowest BCUT2D eigenvalue weighted by atomic mass is 10.0. The molecule has 0 unspecified atom stereocenters. The summed E-state index contributed by atoms with van der Waals surface area (Å²) in [6.45, 7) is 3.27. The van der Waals surface area contributed by atoms with Crippen LogP contribution >= 0.6 is 15.9 Å². The average Bonchev–Trinajstić information content (AvgIpc) is 2.43. The van der Waals surface area contributed by atoms with Crippen LogP contribution in [0.15, 0.2) is 51.8 Å². The summed E-state index contributed by atoms with van der Waals surface area (Å²) in [6.07, 6.45) is 0.965. The van der Waals surface area contributed by atoms with Gasteiger partial charge in [-0.25, -0.2) is 0 Å². The minimum absolute atomic E-state index is 0.181. The molecule has 0 spiro atoms. The molecule has 0 aliphatic carbocycles. The van der Waals surface area contributed by atoms with Crippen molar-refractivity contribution in [1.29, 1.82) is 0 Å². The van der Waals surface area contributed by atoms with E-state index in [4.69, 9.17) is 4.28 Å². The van der Waals surface area contributed by atoms with Crippen LogP contribution in [-0.2, 0) is 14.4 Å². The molecule has 0 bridgehead atoms. The molecule has 0 amide bonds. The Morgan fingerprint density at radius 1 is 1.14 bits per heavy atom. The van der Waals surface area contributed by atoms with Crippen LogP contribution < -0.4 is 0 Å². The molecule has 2 aromatic rings. The third-order valence-corrected chi connectivity index (χ3v) is 5.38. The van der Waals surface area contributed by atoms with Crippen molar-refractivity contribution in [2.45, 2.75) is 18.2 Å². The zero-order chi connectivity index (χ0) is 15.7. The van der Waals surface area contributed by atoms with Gasteiger partial charge in [-0.3, -0.25) is 0 Å². The molecule has 116 valence electrons. The van der Waals surface area contributed by atoms with E-state index in [1.54, 1.807) is 12.1 Å². The maximum absolute atomic E-state index is 12.3. The Bertz CT molecular complexity index is 801. The van der Waals surface area contributed by atoms with Gasteiger partial charge in [0.25, 0.3) is 0 Å². The number of rotatable bonds is 4. The van der Waals surface area contributed by atoms with Crippen molar-refractivity contribution in [3.63, 3.8) is 0 Å². The summed E-state index contributed by atoms with van der Waals surface area (Å²) >= 11 is 3.44. The van der Waals surface area contributed by atoms with Crippen molar-refractivity contribution in [2.24, 2.45) is 0 Å². The standard InChI is InChI=1S/C16H16BrNO3S/c1-12-6-7-15(22(19,20)21-18-8-3-9-18)11-16(12)13-4-2-5-14(17)10-13/h2,4-7,10-11H,3,8-9H2,1H3. The molecule has 0 N–H and O–H groups in total. The molecule has 1 heterocycles. The molecule has 0 aromatic heterocycles. The monoisotopic (exact) mass is 381 g/mol. The maximum atomic E-state index is 12.3. The molecule has 4 nitrogen and oxygen atoms in total. The molecule has 1 fully saturated rings. The van der Waals surface area contributed by atoms with Gasteiger partial charge in [0.15, 0.2) is 0 Å².